The van der Waals surface area contributed by atoms with Crippen molar-refractivity contribution in [1.82, 2.24) is 14.8 Å². The molecule has 0 saturated carbocycles. The third kappa shape index (κ3) is 4.17. The molecule has 0 bridgehead atoms. The lowest BCUT2D eigenvalue weighted by Gasteiger charge is -2.12. The minimum Gasteiger partial charge on any atom is -0.496 e. The van der Waals surface area contributed by atoms with Crippen LogP contribution in [0, 0.1) is 0 Å². The van der Waals surface area contributed by atoms with Crippen molar-refractivity contribution in [2.75, 3.05) is 40.8 Å². The van der Waals surface area contributed by atoms with Gasteiger partial charge in [-0.2, -0.15) is 9.67 Å². The van der Waals surface area contributed by atoms with Gasteiger partial charge in [0.25, 0.3) is 5.91 Å². The van der Waals surface area contributed by atoms with Gasteiger partial charge in [-0.25, -0.2) is 0 Å². The molecule has 10 nitrogen and oxygen atoms in total. The van der Waals surface area contributed by atoms with E-state index in [9.17, 15) is 4.79 Å². The van der Waals surface area contributed by atoms with Crippen LogP contribution in [0.25, 0.3) is 11.4 Å². The van der Waals surface area contributed by atoms with E-state index in [1.54, 1.807) is 36.4 Å². The number of rotatable bonds is 9. The standard InChI is InChI=1S/C22H23N3O7/c1-4-29-10-11-30-22-23-20(14-8-9-15-18(12-14)32-13-31-15)25(24-22)21(26)19-16(27-2)6-5-7-17(19)28-3/h5-9,12H,4,10-11,13H2,1-3H3. The Bertz CT molecular complexity index is 1090. The van der Waals surface area contributed by atoms with E-state index >= 15 is 0 Å². The molecule has 0 saturated heterocycles. The molecule has 0 amide bonds. The summed E-state index contributed by atoms with van der Waals surface area (Å²) in [5, 5.41) is 4.30. The van der Waals surface area contributed by atoms with Crippen LogP contribution in [0.2, 0.25) is 0 Å². The molecule has 32 heavy (non-hydrogen) atoms. The maximum Gasteiger partial charge on any atom is 0.336 e. The van der Waals surface area contributed by atoms with Crippen molar-refractivity contribution >= 4 is 5.91 Å². The second-order valence-corrected chi connectivity index (χ2v) is 6.59. The number of aromatic nitrogens is 3. The van der Waals surface area contributed by atoms with Crippen molar-refractivity contribution in [3.63, 3.8) is 0 Å². The highest BCUT2D eigenvalue weighted by Gasteiger charge is 2.27. The SMILES string of the molecule is CCOCCOc1nc(-c2ccc3c(c2)OCO3)n(C(=O)c2c(OC)cccc2OC)n1. The Morgan fingerprint density at radius 1 is 1.06 bits per heavy atom. The third-order valence-corrected chi connectivity index (χ3v) is 4.72. The van der Waals surface area contributed by atoms with Crippen molar-refractivity contribution < 1.29 is 33.2 Å². The summed E-state index contributed by atoms with van der Waals surface area (Å²) in [7, 11) is 2.96. The summed E-state index contributed by atoms with van der Waals surface area (Å²) in [4.78, 5) is 18.0. The van der Waals surface area contributed by atoms with Gasteiger partial charge in [-0.3, -0.25) is 4.79 Å². The summed E-state index contributed by atoms with van der Waals surface area (Å²) in [5.74, 6) is 1.65. The molecular formula is C22H23N3O7. The molecule has 0 fully saturated rings. The fourth-order valence-electron chi connectivity index (χ4n) is 3.22. The highest BCUT2D eigenvalue weighted by Crippen LogP contribution is 2.36. The first-order valence-electron chi connectivity index (χ1n) is 9.99. The van der Waals surface area contributed by atoms with Crippen molar-refractivity contribution in [3.05, 3.63) is 42.0 Å². The largest absolute Gasteiger partial charge is 0.496 e. The first kappa shape index (κ1) is 21.4. The van der Waals surface area contributed by atoms with Crippen LogP contribution in [0.3, 0.4) is 0 Å². The molecule has 1 aliphatic heterocycles. The van der Waals surface area contributed by atoms with Gasteiger partial charge in [-0.05, 0) is 37.3 Å². The molecule has 10 heteroatoms. The van der Waals surface area contributed by atoms with Gasteiger partial charge in [0.2, 0.25) is 6.79 Å². The lowest BCUT2D eigenvalue weighted by Crippen LogP contribution is -2.17. The number of carbonyl (C=O) groups is 1. The molecule has 0 atom stereocenters. The summed E-state index contributed by atoms with van der Waals surface area (Å²) >= 11 is 0. The number of carbonyl (C=O) groups excluding carboxylic acids is 1. The second kappa shape index (κ2) is 9.56. The molecule has 2 aromatic carbocycles. The molecule has 0 spiro atoms. The van der Waals surface area contributed by atoms with Crippen molar-refractivity contribution in [3.8, 4) is 40.4 Å². The zero-order valence-electron chi connectivity index (χ0n) is 18.0. The Labute approximate surface area is 184 Å². The number of hydrogen-bond donors (Lipinski definition) is 0. The highest BCUT2D eigenvalue weighted by molar-refractivity contribution is 6.02. The van der Waals surface area contributed by atoms with Crippen LogP contribution in [-0.2, 0) is 4.74 Å². The Morgan fingerprint density at radius 2 is 1.81 bits per heavy atom. The zero-order chi connectivity index (χ0) is 22.5. The molecule has 168 valence electrons. The van der Waals surface area contributed by atoms with Crippen LogP contribution < -0.4 is 23.7 Å². The van der Waals surface area contributed by atoms with Crippen LogP contribution >= 0.6 is 0 Å². The monoisotopic (exact) mass is 441 g/mol. The molecular weight excluding hydrogens is 418 g/mol. The summed E-state index contributed by atoms with van der Waals surface area (Å²) in [5.41, 5.74) is 0.814. The average molecular weight is 441 g/mol. The molecule has 0 aliphatic carbocycles. The maximum atomic E-state index is 13.6. The van der Waals surface area contributed by atoms with E-state index in [-0.39, 0.29) is 30.8 Å². The molecule has 2 heterocycles. The van der Waals surface area contributed by atoms with E-state index in [2.05, 4.69) is 10.1 Å². The zero-order valence-corrected chi connectivity index (χ0v) is 18.0. The first-order valence-corrected chi connectivity index (χ1v) is 9.99. The average Bonchev–Trinajstić information content (AvgIpc) is 3.47. The van der Waals surface area contributed by atoms with Gasteiger partial charge in [0.1, 0.15) is 23.7 Å². The van der Waals surface area contributed by atoms with E-state index in [0.717, 1.165) is 4.68 Å². The fraction of sp³-hybridized carbons (Fsp3) is 0.318. The molecule has 0 radical (unpaired) electrons. The van der Waals surface area contributed by atoms with Gasteiger partial charge in [0, 0.05) is 12.2 Å². The number of fused-ring (bicyclic) bond motifs is 1. The Morgan fingerprint density at radius 3 is 2.53 bits per heavy atom. The fourth-order valence-corrected chi connectivity index (χ4v) is 3.22. The van der Waals surface area contributed by atoms with Crippen LogP contribution in [0.1, 0.15) is 17.3 Å². The van der Waals surface area contributed by atoms with Gasteiger partial charge in [0.05, 0.1) is 20.8 Å². The number of hydrogen-bond acceptors (Lipinski definition) is 9. The summed E-state index contributed by atoms with van der Waals surface area (Å²) < 4.78 is 33.7. The van der Waals surface area contributed by atoms with Gasteiger partial charge in [0.15, 0.2) is 17.3 Å². The smallest absolute Gasteiger partial charge is 0.336 e. The lowest BCUT2D eigenvalue weighted by molar-refractivity contribution is 0.0932. The normalized spacial score (nSPS) is 12.0. The minimum absolute atomic E-state index is 0.0413. The number of benzene rings is 2. The molecule has 0 N–H and O–H groups in total. The number of ether oxygens (including phenoxy) is 6. The van der Waals surface area contributed by atoms with E-state index < -0.39 is 5.91 Å². The second-order valence-electron chi connectivity index (χ2n) is 6.59. The van der Waals surface area contributed by atoms with Crippen LogP contribution in [0.15, 0.2) is 36.4 Å². The van der Waals surface area contributed by atoms with Crippen molar-refractivity contribution in [1.29, 1.82) is 0 Å². The number of nitrogens with zero attached hydrogens (tertiary/aromatic N) is 3. The predicted molar refractivity (Wildman–Crippen MR) is 113 cm³/mol. The van der Waals surface area contributed by atoms with Crippen LogP contribution in [0.4, 0.5) is 0 Å². The highest BCUT2D eigenvalue weighted by atomic mass is 16.7. The van der Waals surface area contributed by atoms with Crippen LogP contribution in [-0.4, -0.2) is 61.5 Å². The topological polar surface area (TPSA) is 103 Å². The lowest BCUT2D eigenvalue weighted by atomic mass is 10.1. The summed E-state index contributed by atoms with van der Waals surface area (Å²) in [6, 6.07) is 10.4. The van der Waals surface area contributed by atoms with Crippen LogP contribution in [0.5, 0.6) is 29.0 Å². The van der Waals surface area contributed by atoms with E-state index in [4.69, 9.17) is 28.4 Å². The van der Waals surface area contributed by atoms with Gasteiger partial charge in [-0.15, -0.1) is 5.10 Å². The van der Waals surface area contributed by atoms with E-state index in [1.807, 2.05) is 6.92 Å². The Kier molecular flexibility index (Phi) is 6.41. The molecule has 4 rings (SSSR count). The van der Waals surface area contributed by atoms with E-state index in [0.29, 0.717) is 41.8 Å². The molecule has 3 aromatic rings. The Hall–Kier alpha value is -3.79. The number of methoxy groups -OCH3 is 2. The minimum atomic E-state index is -0.487. The summed E-state index contributed by atoms with van der Waals surface area (Å²) in [6.07, 6.45) is 0. The molecule has 0 unspecified atom stereocenters. The van der Waals surface area contributed by atoms with Crippen molar-refractivity contribution in [2.45, 2.75) is 6.92 Å². The summed E-state index contributed by atoms with van der Waals surface area (Å²) in [6.45, 7) is 3.21. The van der Waals surface area contributed by atoms with Gasteiger partial charge >= 0.3 is 6.01 Å². The van der Waals surface area contributed by atoms with Crippen molar-refractivity contribution in [2.24, 2.45) is 0 Å². The maximum absolute atomic E-state index is 13.6. The molecule has 1 aromatic heterocycles. The van der Waals surface area contributed by atoms with Gasteiger partial charge < -0.3 is 28.4 Å². The van der Waals surface area contributed by atoms with Gasteiger partial charge in [-0.1, -0.05) is 6.07 Å². The molecule has 1 aliphatic rings. The first-order chi connectivity index (χ1) is 15.7. The predicted octanol–water partition coefficient (Wildman–Crippen LogP) is 2.79. The quantitative estimate of drug-likeness (QED) is 0.464. The third-order valence-electron chi connectivity index (χ3n) is 4.72. The Balaban J connectivity index is 1.77. The van der Waals surface area contributed by atoms with E-state index in [1.165, 1.54) is 14.2 Å².